The van der Waals surface area contributed by atoms with Crippen molar-refractivity contribution in [3.8, 4) is 0 Å². The van der Waals surface area contributed by atoms with Gasteiger partial charge in [-0.2, -0.15) is 0 Å². The van der Waals surface area contributed by atoms with Gasteiger partial charge in [0, 0.05) is 39.5 Å². The molecule has 2 heterocycles. The third kappa shape index (κ3) is 3.96. The first kappa shape index (κ1) is 16.9. The smallest absolute Gasteiger partial charge is 0.0736 e. The second-order valence-electron chi connectivity index (χ2n) is 7.09. The fourth-order valence-electron chi connectivity index (χ4n) is 4.23. The Hall–Kier alpha value is -0.900. The lowest BCUT2D eigenvalue weighted by molar-refractivity contribution is -0.0728. The molecule has 0 amide bonds. The highest BCUT2D eigenvalue weighted by molar-refractivity contribution is 5.25. The molecule has 2 aliphatic rings. The molecule has 3 heteroatoms. The monoisotopic (exact) mass is 317 g/mol. The Labute approximate surface area is 141 Å². The molecule has 1 aromatic rings. The van der Waals surface area contributed by atoms with Crippen molar-refractivity contribution in [2.75, 3.05) is 32.9 Å². The zero-order valence-corrected chi connectivity index (χ0v) is 14.7. The summed E-state index contributed by atoms with van der Waals surface area (Å²) in [6.07, 6.45) is 4.72. The maximum absolute atomic E-state index is 6.26. The average Bonchev–Trinajstić information content (AvgIpc) is 2.95. The Morgan fingerprint density at radius 3 is 2.78 bits per heavy atom. The van der Waals surface area contributed by atoms with Crippen molar-refractivity contribution in [3.05, 3.63) is 35.4 Å². The van der Waals surface area contributed by atoms with Crippen LogP contribution in [0.5, 0.6) is 0 Å². The number of likely N-dealkylation sites (tertiary alicyclic amines) is 1. The van der Waals surface area contributed by atoms with E-state index >= 15 is 0 Å². The first-order valence-corrected chi connectivity index (χ1v) is 9.22. The number of hydrogen-bond donors (Lipinski definition) is 0. The van der Waals surface area contributed by atoms with Gasteiger partial charge in [0.15, 0.2) is 0 Å². The van der Waals surface area contributed by atoms with Crippen LogP contribution in [0.1, 0.15) is 43.7 Å². The molecular formula is C20H31NO2. The fraction of sp³-hybridized carbons (Fsp3) is 0.700. The van der Waals surface area contributed by atoms with Crippen molar-refractivity contribution in [3.63, 3.8) is 0 Å². The summed E-state index contributed by atoms with van der Waals surface area (Å²) in [7, 11) is 0. The first-order valence-electron chi connectivity index (χ1n) is 9.22. The van der Waals surface area contributed by atoms with Crippen LogP contribution in [0.2, 0.25) is 0 Å². The van der Waals surface area contributed by atoms with Crippen molar-refractivity contribution >= 4 is 0 Å². The van der Waals surface area contributed by atoms with Crippen molar-refractivity contribution in [1.82, 2.24) is 4.90 Å². The van der Waals surface area contributed by atoms with Crippen LogP contribution in [0.3, 0.4) is 0 Å². The Balaban J connectivity index is 1.54. The third-order valence-electron chi connectivity index (χ3n) is 5.77. The summed E-state index contributed by atoms with van der Waals surface area (Å²) in [4.78, 5) is 2.59. The molecule has 2 aliphatic heterocycles. The van der Waals surface area contributed by atoms with Crippen LogP contribution >= 0.6 is 0 Å². The molecule has 1 atom stereocenters. The van der Waals surface area contributed by atoms with Gasteiger partial charge in [0.25, 0.3) is 0 Å². The minimum atomic E-state index is 0.138. The minimum absolute atomic E-state index is 0.138. The maximum atomic E-state index is 6.26. The van der Waals surface area contributed by atoms with Crippen LogP contribution in [0.4, 0.5) is 0 Å². The quantitative estimate of drug-likeness (QED) is 0.745. The van der Waals surface area contributed by atoms with Gasteiger partial charge >= 0.3 is 0 Å². The molecule has 23 heavy (non-hydrogen) atoms. The molecule has 0 bridgehead atoms. The van der Waals surface area contributed by atoms with Gasteiger partial charge in [-0.25, -0.2) is 0 Å². The molecule has 0 unspecified atom stereocenters. The molecule has 2 saturated heterocycles. The summed E-state index contributed by atoms with van der Waals surface area (Å²) in [5, 5.41) is 0. The van der Waals surface area contributed by atoms with Gasteiger partial charge in [-0.3, -0.25) is 4.90 Å². The normalized spacial score (nSPS) is 24.3. The van der Waals surface area contributed by atoms with E-state index in [1.54, 1.807) is 0 Å². The predicted molar refractivity (Wildman–Crippen MR) is 93.6 cm³/mol. The molecule has 3 nitrogen and oxygen atoms in total. The molecule has 0 radical (unpaired) electrons. The Bertz CT molecular complexity index is 494. The van der Waals surface area contributed by atoms with Gasteiger partial charge < -0.3 is 9.47 Å². The van der Waals surface area contributed by atoms with E-state index in [9.17, 15) is 0 Å². The van der Waals surface area contributed by atoms with Crippen LogP contribution in [0.15, 0.2) is 24.3 Å². The zero-order valence-electron chi connectivity index (χ0n) is 14.7. The van der Waals surface area contributed by atoms with Crippen LogP contribution in [0, 0.1) is 12.8 Å². The summed E-state index contributed by atoms with van der Waals surface area (Å²) >= 11 is 0. The largest absolute Gasteiger partial charge is 0.382 e. The maximum Gasteiger partial charge on any atom is 0.0736 e. The highest BCUT2D eigenvalue weighted by Gasteiger charge is 2.45. The second-order valence-corrected chi connectivity index (χ2v) is 7.09. The lowest BCUT2D eigenvalue weighted by atomic mass is 9.78. The Morgan fingerprint density at radius 2 is 2.04 bits per heavy atom. The second kappa shape index (κ2) is 7.78. The van der Waals surface area contributed by atoms with Gasteiger partial charge in [0.05, 0.1) is 5.60 Å². The van der Waals surface area contributed by atoms with Crippen LogP contribution in [0.25, 0.3) is 0 Å². The van der Waals surface area contributed by atoms with E-state index in [1.807, 2.05) is 0 Å². The first-order chi connectivity index (χ1) is 11.2. The topological polar surface area (TPSA) is 21.7 Å². The fourth-order valence-corrected chi connectivity index (χ4v) is 4.23. The number of benzene rings is 1. The molecule has 128 valence electrons. The zero-order chi connectivity index (χ0) is 16.1. The number of ether oxygens (including phenoxy) is 2. The molecule has 0 aromatic heterocycles. The Kier molecular flexibility index (Phi) is 5.73. The molecule has 1 aromatic carbocycles. The predicted octanol–water partition coefficient (Wildman–Crippen LogP) is 3.79. The van der Waals surface area contributed by atoms with E-state index < -0.39 is 0 Å². The summed E-state index contributed by atoms with van der Waals surface area (Å²) in [6, 6.07) is 8.75. The molecule has 0 N–H and O–H groups in total. The highest BCUT2D eigenvalue weighted by atomic mass is 16.5. The summed E-state index contributed by atoms with van der Waals surface area (Å²) in [5.74, 6) is 0.690. The van der Waals surface area contributed by atoms with Crippen molar-refractivity contribution < 1.29 is 9.47 Å². The van der Waals surface area contributed by atoms with Crippen molar-refractivity contribution in [1.29, 1.82) is 0 Å². The molecule has 1 spiro atoms. The molecule has 3 rings (SSSR count). The van der Waals surface area contributed by atoms with Gasteiger partial charge in [0.1, 0.15) is 0 Å². The van der Waals surface area contributed by atoms with E-state index in [1.165, 1.54) is 30.4 Å². The third-order valence-corrected chi connectivity index (χ3v) is 5.77. The molecule has 2 fully saturated rings. The summed E-state index contributed by atoms with van der Waals surface area (Å²) in [5.41, 5.74) is 3.00. The van der Waals surface area contributed by atoms with Gasteiger partial charge in [-0.15, -0.1) is 0 Å². The van der Waals surface area contributed by atoms with Crippen molar-refractivity contribution in [2.24, 2.45) is 5.92 Å². The number of hydrogen-bond acceptors (Lipinski definition) is 3. The van der Waals surface area contributed by atoms with Crippen LogP contribution < -0.4 is 0 Å². The lowest BCUT2D eigenvalue weighted by Crippen LogP contribution is -2.47. The number of aryl methyl sites for hydroxylation is 1. The lowest BCUT2D eigenvalue weighted by Gasteiger charge is -2.42. The van der Waals surface area contributed by atoms with E-state index in [0.717, 1.165) is 45.9 Å². The Morgan fingerprint density at radius 1 is 1.26 bits per heavy atom. The molecule has 0 saturated carbocycles. The molecular weight excluding hydrogens is 286 g/mol. The van der Waals surface area contributed by atoms with Crippen molar-refractivity contribution in [2.45, 2.75) is 51.7 Å². The summed E-state index contributed by atoms with van der Waals surface area (Å²) < 4.78 is 11.8. The van der Waals surface area contributed by atoms with Gasteiger partial charge in [-0.05, 0) is 56.6 Å². The van der Waals surface area contributed by atoms with Gasteiger partial charge in [-0.1, -0.05) is 24.3 Å². The van der Waals surface area contributed by atoms with Crippen LogP contribution in [-0.4, -0.2) is 43.4 Å². The standard InChI is InChI=1S/C20H31NO2/c1-3-22-14-8-19-9-15-23-20(19)10-12-21(13-11-20)16-18-7-5-4-6-17(18)2/h4-7,19H,3,8-16H2,1-2H3/t19-/m1/s1. The summed E-state index contributed by atoms with van der Waals surface area (Å²) in [6.45, 7) is 10.3. The van der Waals surface area contributed by atoms with E-state index in [2.05, 4.69) is 43.0 Å². The van der Waals surface area contributed by atoms with E-state index in [0.29, 0.717) is 5.92 Å². The number of nitrogens with zero attached hydrogens (tertiary/aromatic N) is 1. The van der Waals surface area contributed by atoms with Crippen LogP contribution in [-0.2, 0) is 16.0 Å². The average molecular weight is 317 g/mol. The molecule has 0 aliphatic carbocycles. The van der Waals surface area contributed by atoms with Gasteiger partial charge in [0.2, 0.25) is 0 Å². The van der Waals surface area contributed by atoms with E-state index in [4.69, 9.17) is 9.47 Å². The minimum Gasteiger partial charge on any atom is -0.382 e. The number of piperidine rings is 1. The number of rotatable bonds is 6. The highest BCUT2D eigenvalue weighted by Crippen LogP contribution is 2.42. The van der Waals surface area contributed by atoms with E-state index in [-0.39, 0.29) is 5.60 Å². The SMILES string of the molecule is CCOCC[C@@H]1CCOC12CCN(Cc1ccccc1C)CC2.